The minimum absolute atomic E-state index is 0.320. The topological polar surface area (TPSA) is 80.0 Å². The molecule has 2 aromatic heterocycles. The van der Waals surface area contributed by atoms with Crippen LogP contribution < -0.4 is 5.32 Å². The molecule has 0 unspecified atom stereocenters. The first kappa shape index (κ1) is 15.2. The molecular weight excluding hydrogens is 304 g/mol. The predicted molar refractivity (Wildman–Crippen MR) is 82.9 cm³/mol. The third-order valence-corrected chi connectivity index (χ3v) is 4.12. The quantitative estimate of drug-likeness (QED) is 0.901. The fraction of sp³-hybridized carbons (Fsp3) is 0.571. The number of hydrogen-bond acceptors (Lipinski definition) is 7. The van der Waals surface area contributed by atoms with Crippen LogP contribution in [0.4, 0.5) is 5.95 Å². The summed E-state index contributed by atoms with van der Waals surface area (Å²) >= 11 is 5.85. The molecule has 1 N–H and O–H groups in total. The molecule has 0 radical (unpaired) electrons. The molecule has 1 fully saturated rings. The third-order valence-electron chi connectivity index (χ3n) is 3.77. The van der Waals surface area contributed by atoms with Gasteiger partial charge in [0.2, 0.25) is 5.95 Å². The molecule has 3 heterocycles. The maximum Gasteiger partial charge on any atom is 0.243 e. The van der Waals surface area contributed by atoms with Crippen molar-refractivity contribution in [1.82, 2.24) is 25.1 Å². The number of nitrogens with zero attached hydrogens (tertiary/aromatic N) is 5. The highest BCUT2D eigenvalue weighted by atomic mass is 35.5. The van der Waals surface area contributed by atoms with E-state index in [0.29, 0.717) is 22.8 Å². The van der Waals surface area contributed by atoms with Crippen molar-refractivity contribution in [3.05, 3.63) is 29.2 Å². The zero-order valence-electron chi connectivity index (χ0n) is 12.5. The number of likely N-dealkylation sites (tertiary alicyclic amines) is 1. The van der Waals surface area contributed by atoms with Crippen molar-refractivity contribution in [2.75, 3.05) is 25.0 Å². The number of anilines is 1. The van der Waals surface area contributed by atoms with Crippen molar-refractivity contribution >= 4 is 17.5 Å². The summed E-state index contributed by atoms with van der Waals surface area (Å²) in [6, 6.07) is 0.320. The third kappa shape index (κ3) is 3.92. The van der Waals surface area contributed by atoms with Crippen molar-refractivity contribution < 1.29 is 4.42 Å². The van der Waals surface area contributed by atoms with Gasteiger partial charge in [0.1, 0.15) is 6.26 Å². The summed E-state index contributed by atoms with van der Waals surface area (Å²) in [6.45, 7) is 4.81. The number of nitrogens with one attached hydrogen (secondary N) is 1. The van der Waals surface area contributed by atoms with E-state index in [4.69, 9.17) is 16.0 Å². The van der Waals surface area contributed by atoms with Crippen LogP contribution in [0.3, 0.4) is 0 Å². The zero-order chi connectivity index (χ0) is 15.4. The van der Waals surface area contributed by atoms with Crippen molar-refractivity contribution in [3.8, 4) is 0 Å². The van der Waals surface area contributed by atoms with Gasteiger partial charge in [-0.3, -0.25) is 0 Å². The van der Waals surface area contributed by atoms with Crippen LogP contribution in [0.1, 0.15) is 24.4 Å². The lowest BCUT2D eigenvalue weighted by molar-refractivity contribution is 0.213. The molecular formula is C14H19ClN6O. The minimum Gasteiger partial charge on any atom is -0.449 e. The van der Waals surface area contributed by atoms with Crippen LogP contribution >= 0.6 is 11.6 Å². The first-order valence-corrected chi connectivity index (χ1v) is 7.82. The van der Waals surface area contributed by atoms with Crippen LogP contribution in [0.25, 0.3) is 0 Å². The van der Waals surface area contributed by atoms with E-state index < -0.39 is 0 Å². The highest BCUT2D eigenvalue weighted by Gasteiger charge is 2.21. The number of rotatable bonds is 5. The molecule has 22 heavy (non-hydrogen) atoms. The summed E-state index contributed by atoms with van der Waals surface area (Å²) in [7, 11) is 0. The van der Waals surface area contributed by atoms with E-state index in [0.717, 1.165) is 44.8 Å². The van der Waals surface area contributed by atoms with Crippen LogP contribution in [0.2, 0.25) is 5.15 Å². The molecule has 0 amide bonds. The number of halogens is 1. The molecule has 0 aliphatic carbocycles. The zero-order valence-corrected chi connectivity index (χ0v) is 13.3. The van der Waals surface area contributed by atoms with Gasteiger partial charge >= 0.3 is 0 Å². The Morgan fingerprint density at radius 3 is 3.14 bits per heavy atom. The Labute approximate surface area is 134 Å². The Kier molecular flexibility index (Phi) is 4.84. The average Bonchev–Trinajstić information content (AvgIpc) is 3.03. The van der Waals surface area contributed by atoms with Crippen molar-refractivity contribution in [1.29, 1.82) is 0 Å². The maximum absolute atomic E-state index is 5.85. The van der Waals surface area contributed by atoms with Gasteiger partial charge in [-0.25, -0.2) is 9.97 Å². The smallest absolute Gasteiger partial charge is 0.243 e. The van der Waals surface area contributed by atoms with E-state index in [-0.39, 0.29) is 0 Å². The van der Waals surface area contributed by atoms with E-state index in [1.54, 1.807) is 12.5 Å². The molecule has 2 aromatic rings. The van der Waals surface area contributed by atoms with Gasteiger partial charge in [0.05, 0.1) is 11.9 Å². The number of hydrogen-bond donors (Lipinski definition) is 1. The molecule has 0 saturated carbocycles. The molecule has 0 spiro atoms. The number of oxazole rings is 1. The summed E-state index contributed by atoms with van der Waals surface area (Å²) in [4.78, 5) is 10.9. The molecule has 7 nitrogen and oxygen atoms in total. The Hall–Kier alpha value is -1.73. The summed E-state index contributed by atoms with van der Waals surface area (Å²) in [6.07, 6.45) is 6.37. The Morgan fingerprint density at radius 1 is 1.45 bits per heavy atom. The van der Waals surface area contributed by atoms with Crippen LogP contribution in [0.5, 0.6) is 0 Å². The van der Waals surface area contributed by atoms with Gasteiger partial charge in [-0.2, -0.15) is 0 Å². The van der Waals surface area contributed by atoms with Crippen LogP contribution in [0.15, 0.2) is 16.9 Å². The second-order valence-corrected chi connectivity index (χ2v) is 5.83. The fourth-order valence-electron chi connectivity index (χ4n) is 2.64. The normalized spacial score (nSPS) is 19.3. The Balaban J connectivity index is 1.52. The molecule has 0 bridgehead atoms. The van der Waals surface area contributed by atoms with Crippen molar-refractivity contribution in [3.63, 3.8) is 0 Å². The number of aryl methyl sites for hydroxylation is 1. The van der Waals surface area contributed by atoms with Crippen LogP contribution in [-0.4, -0.2) is 50.7 Å². The predicted octanol–water partition coefficient (Wildman–Crippen LogP) is 1.94. The summed E-state index contributed by atoms with van der Waals surface area (Å²) in [5.74, 6) is 1.33. The monoisotopic (exact) mass is 322 g/mol. The number of piperidine rings is 1. The first-order chi connectivity index (χ1) is 10.7. The standard InChI is InChI=1S/C14H19ClN6O/c1-10-13(15)19-20-14(17-10)18-11-3-2-6-21(9-11)7-4-12-16-5-8-22-12/h5,8,11H,2-4,6-7,9H2,1H3,(H,17,18,20)/t11-/m1/s1. The van der Waals surface area contributed by atoms with Gasteiger partial charge in [0, 0.05) is 25.6 Å². The highest BCUT2D eigenvalue weighted by molar-refractivity contribution is 6.29. The van der Waals surface area contributed by atoms with E-state index >= 15 is 0 Å². The van der Waals surface area contributed by atoms with Gasteiger partial charge in [-0.15, -0.1) is 10.2 Å². The second-order valence-electron chi connectivity index (χ2n) is 5.47. The number of aromatic nitrogens is 4. The minimum atomic E-state index is 0.320. The Morgan fingerprint density at radius 2 is 2.36 bits per heavy atom. The molecule has 3 rings (SSSR count). The maximum atomic E-state index is 5.85. The summed E-state index contributed by atoms with van der Waals surface area (Å²) in [5.41, 5.74) is 0.690. The summed E-state index contributed by atoms with van der Waals surface area (Å²) < 4.78 is 5.28. The van der Waals surface area contributed by atoms with Crippen LogP contribution in [0, 0.1) is 6.92 Å². The SMILES string of the molecule is Cc1nc(N[C@@H]2CCCN(CCc3ncco3)C2)nnc1Cl. The lowest BCUT2D eigenvalue weighted by Gasteiger charge is -2.32. The molecule has 1 saturated heterocycles. The molecule has 1 atom stereocenters. The van der Waals surface area contributed by atoms with Gasteiger partial charge in [0.15, 0.2) is 11.0 Å². The molecule has 118 valence electrons. The lowest BCUT2D eigenvalue weighted by Crippen LogP contribution is -2.43. The molecule has 8 heteroatoms. The van der Waals surface area contributed by atoms with Crippen LogP contribution in [-0.2, 0) is 6.42 Å². The largest absolute Gasteiger partial charge is 0.449 e. The van der Waals surface area contributed by atoms with Crippen molar-refractivity contribution in [2.45, 2.75) is 32.2 Å². The fourth-order valence-corrected chi connectivity index (χ4v) is 2.72. The van der Waals surface area contributed by atoms with Gasteiger partial charge in [-0.05, 0) is 26.3 Å². The highest BCUT2D eigenvalue weighted by Crippen LogP contribution is 2.15. The Bertz CT molecular complexity index is 605. The molecule has 1 aliphatic heterocycles. The molecule has 1 aliphatic rings. The van der Waals surface area contributed by atoms with E-state index in [1.807, 2.05) is 6.92 Å². The van der Waals surface area contributed by atoms with E-state index in [2.05, 4.69) is 30.4 Å². The lowest BCUT2D eigenvalue weighted by atomic mass is 10.1. The van der Waals surface area contributed by atoms with Gasteiger partial charge in [-0.1, -0.05) is 11.6 Å². The van der Waals surface area contributed by atoms with Gasteiger partial charge in [0.25, 0.3) is 0 Å². The van der Waals surface area contributed by atoms with E-state index in [1.165, 1.54) is 0 Å². The molecule has 0 aromatic carbocycles. The first-order valence-electron chi connectivity index (χ1n) is 7.45. The average molecular weight is 323 g/mol. The van der Waals surface area contributed by atoms with Crippen molar-refractivity contribution in [2.24, 2.45) is 0 Å². The van der Waals surface area contributed by atoms with E-state index in [9.17, 15) is 0 Å². The second kappa shape index (κ2) is 7.02. The summed E-state index contributed by atoms with van der Waals surface area (Å²) in [5, 5.41) is 11.6. The van der Waals surface area contributed by atoms with Gasteiger partial charge < -0.3 is 14.6 Å².